The molecule has 1 aliphatic heterocycles. The summed E-state index contributed by atoms with van der Waals surface area (Å²) >= 11 is 0. The number of amides is 1. The molecule has 8 nitrogen and oxygen atoms in total. The van der Waals surface area contributed by atoms with E-state index in [0.717, 1.165) is 63.4 Å². The standard InChI is InChI=1S/C36H66N4O4/c1-12-13-14-27(24-41)23-38-31-32(42)40(36(39-31)21-17-28(18-22-36)35(8,9)10)30(19-20-34(5,6)7)26(4)15-16-29(37-11)33(43)44-25(2)3/h15-16,25,27-28,30,33,37,41,43H,12-14,17-24H2,1-11H3,(H,38,39)/b26-15+,29-16-/t27?,28?,30-,33?,36?/m1/s1. The Balaban J connectivity index is 2.56. The molecule has 44 heavy (non-hydrogen) atoms. The van der Waals surface area contributed by atoms with Crippen LogP contribution in [0.15, 0.2) is 28.4 Å². The first-order chi connectivity index (χ1) is 20.5. The maximum atomic E-state index is 14.4. The van der Waals surface area contributed by atoms with Crippen LogP contribution in [-0.2, 0) is 9.53 Å². The Morgan fingerprint density at radius 1 is 1.16 bits per heavy atom. The number of aliphatic imine (C=N–C) groups is 1. The molecule has 2 rings (SSSR count). The van der Waals surface area contributed by atoms with Crippen molar-refractivity contribution in [2.75, 3.05) is 20.2 Å². The van der Waals surface area contributed by atoms with Gasteiger partial charge >= 0.3 is 0 Å². The lowest BCUT2D eigenvalue weighted by Crippen LogP contribution is -2.58. The van der Waals surface area contributed by atoms with Gasteiger partial charge in [-0.15, -0.1) is 0 Å². The summed E-state index contributed by atoms with van der Waals surface area (Å²) in [4.78, 5) is 21.4. The molecule has 3 atom stereocenters. The van der Waals surface area contributed by atoms with E-state index in [4.69, 9.17) is 9.73 Å². The van der Waals surface area contributed by atoms with Crippen molar-refractivity contribution in [3.63, 3.8) is 0 Å². The average Bonchev–Trinajstić information content (AvgIpc) is 3.18. The zero-order valence-corrected chi connectivity index (χ0v) is 29.9. The number of rotatable bonds is 15. The minimum Gasteiger partial charge on any atom is -0.396 e. The minimum absolute atomic E-state index is 0.0426. The minimum atomic E-state index is -1.06. The van der Waals surface area contributed by atoms with Gasteiger partial charge in [-0.3, -0.25) is 9.79 Å². The maximum absolute atomic E-state index is 14.4. The highest BCUT2D eigenvalue weighted by molar-refractivity contribution is 6.40. The Bertz CT molecular complexity index is 997. The summed E-state index contributed by atoms with van der Waals surface area (Å²) in [6, 6.07) is -0.139. The average molecular weight is 619 g/mol. The number of unbranched alkanes of at least 4 members (excludes halogenated alkanes) is 1. The second-order valence-corrected chi connectivity index (χ2v) is 15.8. The number of nitrogens with one attached hydrogen (secondary N) is 2. The molecule has 4 N–H and O–H groups in total. The van der Waals surface area contributed by atoms with E-state index in [1.165, 1.54) is 0 Å². The summed E-state index contributed by atoms with van der Waals surface area (Å²) in [7, 11) is 1.78. The second kappa shape index (κ2) is 16.6. The first kappa shape index (κ1) is 38.3. The zero-order chi connectivity index (χ0) is 33.3. The predicted molar refractivity (Wildman–Crippen MR) is 182 cm³/mol. The van der Waals surface area contributed by atoms with Crippen molar-refractivity contribution in [2.45, 2.75) is 151 Å². The van der Waals surface area contributed by atoms with Crippen LogP contribution in [0, 0.1) is 22.7 Å². The Morgan fingerprint density at radius 2 is 1.80 bits per heavy atom. The summed E-state index contributed by atoms with van der Waals surface area (Å²) in [6.07, 6.45) is 11.3. The van der Waals surface area contributed by atoms with Crippen molar-refractivity contribution >= 4 is 11.7 Å². The molecule has 1 aliphatic carbocycles. The maximum Gasteiger partial charge on any atom is 0.291 e. The number of aliphatic hydroxyl groups is 2. The number of nitrogens with zero attached hydrogens (tertiary/aromatic N) is 2. The second-order valence-electron chi connectivity index (χ2n) is 15.8. The summed E-state index contributed by atoms with van der Waals surface area (Å²) in [5.74, 6) is 1.05. The molecule has 2 fully saturated rings. The molecule has 1 saturated heterocycles. The summed E-state index contributed by atoms with van der Waals surface area (Å²) in [6.45, 7) is 22.3. The molecule has 2 unspecified atom stereocenters. The first-order valence-electron chi connectivity index (χ1n) is 17.1. The normalized spacial score (nSPS) is 25.1. The van der Waals surface area contributed by atoms with Crippen molar-refractivity contribution in [3.05, 3.63) is 23.4 Å². The van der Waals surface area contributed by atoms with Gasteiger partial charge in [-0.1, -0.05) is 73.0 Å². The SMILES string of the molecule is CCCCC(CO)CN=C1NC2(CCC(C(C)(C)C)CC2)N([C@H](CCC(C)(C)C)/C(C)=C/C=C(\NC)C(O)OC(C)C)C1=O. The lowest BCUT2D eigenvalue weighted by Gasteiger charge is -2.49. The van der Waals surface area contributed by atoms with Gasteiger partial charge < -0.3 is 30.5 Å². The van der Waals surface area contributed by atoms with E-state index in [1.807, 2.05) is 26.0 Å². The van der Waals surface area contributed by atoms with Crippen LogP contribution in [0.3, 0.4) is 0 Å². The molecule has 1 saturated carbocycles. The third kappa shape index (κ3) is 10.9. The molecule has 0 radical (unpaired) electrons. The van der Waals surface area contributed by atoms with Gasteiger partial charge in [0, 0.05) is 26.1 Å². The Morgan fingerprint density at radius 3 is 2.30 bits per heavy atom. The summed E-state index contributed by atoms with van der Waals surface area (Å²) in [5, 5.41) is 27.4. The van der Waals surface area contributed by atoms with E-state index < -0.39 is 12.0 Å². The third-order valence-electron chi connectivity index (χ3n) is 9.49. The van der Waals surface area contributed by atoms with Crippen molar-refractivity contribution < 1.29 is 19.7 Å². The van der Waals surface area contributed by atoms with E-state index in [0.29, 0.717) is 24.0 Å². The first-order valence-corrected chi connectivity index (χ1v) is 17.1. The highest BCUT2D eigenvalue weighted by atomic mass is 16.6. The molecule has 0 bridgehead atoms. The fourth-order valence-electron chi connectivity index (χ4n) is 6.55. The quantitative estimate of drug-likeness (QED) is 0.123. The number of ether oxygens (including phenoxy) is 1. The third-order valence-corrected chi connectivity index (χ3v) is 9.49. The molecule has 0 aromatic carbocycles. The molecule has 0 aromatic heterocycles. The molecular weight excluding hydrogens is 552 g/mol. The Labute approximate surface area is 269 Å². The van der Waals surface area contributed by atoms with Gasteiger partial charge in [0.1, 0.15) is 5.66 Å². The van der Waals surface area contributed by atoms with Crippen LogP contribution in [0.4, 0.5) is 0 Å². The number of allylic oxidation sites excluding steroid dienone is 2. The van der Waals surface area contributed by atoms with Crippen molar-refractivity contribution in [2.24, 2.45) is 27.7 Å². The van der Waals surface area contributed by atoms with Crippen LogP contribution in [0.5, 0.6) is 0 Å². The molecule has 254 valence electrons. The van der Waals surface area contributed by atoms with Crippen molar-refractivity contribution in [1.29, 1.82) is 0 Å². The van der Waals surface area contributed by atoms with Gasteiger partial charge in [0.15, 0.2) is 12.1 Å². The van der Waals surface area contributed by atoms with E-state index in [9.17, 15) is 15.0 Å². The molecule has 2 aliphatic rings. The number of hydrogen-bond donors (Lipinski definition) is 4. The monoisotopic (exact) mass is 619 g/mol. The van der Waals surface area contributed by atoms with E-state index >= 15 is 0 Å². The molecule has 1 heterocycles. The zero-order valence-electron chi connectivity index (χ0n) is 29.9. The molecular formula is C36H66N4O4. The fourth-order valence-corrected chi connectivity index (χ4v) is 6.55. The Hall–Kier alpha value is -1.90. The van der Waals surface area contributed by atoms with Crippen LogP contribution in [0.1, 0.15) is 127 Å². The number of carbonyl (C=O) groups is 1. The van der Waals surface area contributed by atoms with Gasteiger partial charge in [-0.05, 0) is 88.5 Å². The van der Waals surface area contributed by atoms with Gasteiger partial charge in [0.2, 0.25) is 0 Å². The van der Waals surface area contributed by atoms with Gasteiger partial charge in [-0.25, -0.2) is 0 Å². The highest BCUT2D eigenvalue weighted by Gasteiger charge is 2.53. The largest absolute Gasteiger partial charge is 0.396 e. The smallest absolute Gasteiger partial charge is 0.291 e. The summed E-state index contributed by atoms with van der Waals surface area (Å²) in [5.41, 5.74) is 1.45. The van der Waals surface area contributed by atoms with Crippen LogP contribution >= 0.6 is 0 Å². The van der Waals surface area contributed by atoms with Crippen LogP contribution in [0.2, 0.25) is 0 Å². The van der Waals surface area contributed by atoms with Crippen LogP contribution in [0.25, 0.3) is 0 Å². The highest BCUT2D eigenvalue weighted by Crippen LogP contribution is 2.46. The number of hydrogen-bond acceptors (Lipinski definition) is 6. The van der Waals surface area contributed by atoms with E-state index in [2.05, 4.69) is 70.9 Å². The van der Waals surface area contributed by atoms with E-state index in [1.54, 1.807) is 7.05 Å². The van der Waals surface area contributed by atoms with Crippen LogP contribution in [-0.4, -0.2) is 71.2 Å². The number of aliphatic hydroxyl groups excluding tert-OH is 2. The summed E-state index contributed by atoms with van der Waals surface area (Å²) < 4.78 is 5.61. The van der Waals surface area contributed by atoms with Crippen molar-refractivity contribution in [1.82, 2.24) is 15.5 Å². The van der Waals surface area contributed by atoms with Gasteiger partial charge in [-0.2, -0.15) is 0 Å². The predicted octanol–water partition coefficient (Wildman–Crippen LogP) is 6.54. The Kier molecular flexibility index (Phi) is 14.4. The van der Waals surface area contributed by atoms with Crippen molar-refractivity contribution in [3.8, 4) is 0 Å². The van der Waals surface area contributed by atoms with Gasteiger partial charge in [0.05, 0.1) is 17.8 Å². The molecule has 1 amide bonds. The lowest BCUT2D eigenvalue weighted by atomic mass is 9.69. The fraction of sp³-hybridized carbons (Fsp3) is 0.833. The van der Waals surface area contributed by atoms with Crippen LogP contribution < -0.4 is 10.6 Å². The lowest BCUT2D eigenvalue weighted by molar-refractivity contribution is -0.132. The van der Waals surface area contributed by atoms with Gasteiger partial charge in [0.25, 0.3) is 5.91 Å². The number of amidine groups is 1. The molecule has 8 heteroatoms. The number of likely N-dealkylation sites (N-methyl/N-ethyl adjacent to an activating group) is 1. The van der Waals surface area contributed by atoms with E-state index in [-0.39, 0.29) is 41.4 Å². The molecule has 0 aromatic rings. The topological polar surface area (TPSA) is 106 Å². The molecule has 1 spiro atoms. The number of carbonyl (C=O) groups excluding carboxylic acids is 1.